The Balaban J connectivity index is -0.000000573. The van der Waals surface area contributed by atoms with Crippen molar-refractivity contribution in [3.8, 4) is 0 Å². The lowest BCUT2D eigenvalue weighted by Crippen LogP contribution is -2.32. The van der Waals surface area contributed by atoms with E-state index in [0.717, 1.165) is 19.3 Å². The molecule has 1 atom stereocenters. The van der Waals surface area contributed by atoms with Crippen LogP contribution in [0, 0.1) is 5.92 Å². The number of aliphatic hydroxyl groups excluding tert-OH is 6. The molecule has 0 radical (unpaired) electrons. The number of aliphatic hydroxyl groups is 6. The highest BCUT2D eigenvalue weighted by molar-refractivity contribution is 5.79. The highest BCUT2D eigenvalue weighted by Gasteiger charge is 2.17. The molecular formula is C28H58N2O10. The van der Waals surface area contributed by atoms with Crippen molar-refractivity contribution in [3.63, 3.8) is 0 Å². The summed E-state index contributed by atoms with van der Waals surface area (Å²) in [6, 6.07) is 0. The first-order chi connectivity index (χ1) is 19.3. The second-order valence-corrected chi connectivity index (χ2v) is 9.26. The number of allylic oxidation sites excluding steroid dienone is 1. The monoisotopic (exact) mass is 582 g/mol. The summed E-state index contributed by atoms with van der Waals surface area (Å²) in [5.41, 5.74) is 0. The van der Waals surface area contributed by atoms with E-state index in [1.807, 2.05) is 0 Å². The van der Waals surface area contributed by atoms with Crippen molar-refractivity contribution in [1.82, 2.24) is 9.80 Å². The molecule has 0 aliphatic heterocycles. The maximum absolute atomic E-state index is 10.8. The van der Waals surface area contributed by atoms with E-state index >= 15 is 0 Å². The summed E-state index contributed by atoms with van der Waals surface area (Å²) in [5, 5.41) is 68.4. The molecule has 8 N–H and O–H groups in total. The molecule has 0 aliphatic rings. The Morgan fingerprint density at radius 1 is 0.600 bits per heavy atom. The zero-order valence-corrected chi connectivity index (χ0v) is 24.6. The van der Waals surface area contributed by atoms with Crippen LogP contribution in [0.3, 0.4) is 0 Å². The predicted molar refractivity (Wildman–Crippen MR) is 155 cm³/mol. The van der Waals surface area contributed by atoms with Crippen molar-refractivity contribution in [2.75, 3.05) is 78.9 Å². The lowest BCUT2D eigenvalue weighted by molar-refractivity contribution is -0.146. The van der Waals surface area contributed by atoms with Gasteiger partial charge in [0.1, 0.15) is 0 Å². The Morgan fingerprint density at radius 3 is 1.25 bits per heavy atom. The van der Waals surface area contributed by atoms with Crippen molar-refractivity contribution in [2.45, 2.75) is 71.1 Å². The van der Waals surface area contributed by atoms with Gasteiger partial charge in [-0.2, -0.15) is 0 Å². The third kappa shape index (κ3) is 34.4. The molecule has 0 rings (SSSR count). The standard InChI is InChI=1S/C16H28O4.2C6H15NO3/c1-2-3-4-5-6-7-8-9-10-11-12-14(16(19)20)13-15(17)18;2*8-4-1-7(2-5-9)3-6-10/h11-12,14H,2-10,13H2,1H3,(H,17,18)(H,19,20);2*8-10H,1-6H2/b12-11+;;. The van der Waals surface area contributed by atoms with Gasteiger partial charge in [0, 0.05) is 39.3 Å². The quantitative estimate of drug-likeness (QED) is 0.0556. The van der Waals surface area contributed by atoms with Gasteiger partial charge in [-0.05, 0) is 12.8 Å². The molecule has 40 heavy (non-hydrogen) atoms. The van der Waals surface area contributed by atoms with Crippen LogP contribution >= 0.6 is 0 Å². The number of rotatable bonds is 25. The fourth-order valence-electron chi connectivity index (χ4n) is 3.60. The Hall–Kier alpha value is -1.64. The molecule has 0 aliphatic carbocycles. The van der Waals surface area contributed by atoms with Gasteiger partial charge in [0.2, 0.25) is 0 Å². The zero-order chi connectivity index (χ0) is 30.9. The van der Waals surface area contributed by atoms with Gasteiger partial charge in [0.05, 0.1) is 52.0 Å². The van der Waals surface area contributed by atoms with Gasteiger partial charge in [-0.25, -0.2) is 0 Å². The van der Waals surface area contributed by atoms with Crippen molar-refractivity contribution >= 4 is 11.9 Å². The molecule has 0 aromatic heterocycles. The van der Waals surface area contributed by atoms with E-state index in [9.17, 15) is 9.59 Å². The molecule has 0 bridgehead atoms. The second kappa shape index (κ2) is 35.4. The van der Waals surface area contributed by atoms with Crippen LogP contribution in [0.25, 0.3) is 0 Å². The molecule has 0 fully saturated rings. The molecule has 240 valence electrons. The van der Waals surface area contributed by atoms with Crippen LogP contribution in [-0.2, 0) is 9.59 Å². The highest BCUT2D eigenvalue weighted by atomic mass is 16.4. The lowest BCUT2D eigenvalue weighted by atomic mass is 10.0. The summed E-state index contributed by atoms with van der Waals surface area (Å²) < 4.78 is 0. The molecular weight excluding hydrogens is 524 g/mol. The number of nitrogens with zero attached hydrogens (tertiary/aromatic N) is 2. The molecule has 0 heterocycles. The lowest BCUT2D eigenvalue weighted by Gasteiger charge is -2.17. The number of carbonyl (C=O) groups is 2. The maximum Gasteiger partial charge on any atom is 0.310 e. The normalized spacial score (nSPS) is 11.7. The molecule has 0 aromatic rings. The van der Waals surface area contributed by atoms with Gasteiger partial charge in [0.15, 0.2) is 0 Å². The summed E-state index contributed by atoms with van der Waals surface area (Å²) in [4.78, 5) is 24.9. The van der Waals surface area contributed by atoms with E-state index in [4.69, 9.17) is 40.9 Å². The van der Waals surface area contributed by atoms with Crippen LogP contribution in [0.4, 0.5) is 0 Å². The van der Waals surface area contributed by atoms with E-state index in [-0.39, 0.29) is 46.1 Å². The van der Waals surface area contributed by atoms with Crippen LogP contribution in [0.5, 0.6) is 0 Å². The van der Waals surface area contributed by atoms with E-state index in [1.54, 1.807) is 15.9 Å². The third-order valence-electron chi connectivity index (χ3n) is 5.80. The Bertz CT molecular complexity index is 521. The van der Waals surface area contributed by atoms with Crippen LogP contribution < -0.4 is 0 Å². The van der Waals surface area contributed by atoms with Crippen LogP contribution in [-0.4, -0.2) is 142 Å². The minimum absolute atomic E-state index is 0.0694. The zero-order valence-electron chi connectivity index (χ0n) is 24.6. The van der Waals surface area contributed by atoms with Gasteiger partial charge in [0.25, 0.3) is 0 Å². The molecule has 12 heteroatoms. The molecule has 0 saturated heterocycles. The molecule has 0 spiro atoms. The van der Waals surface area contributed by atoms with Gasteiger partial charge in [-0.3, -0.25) is 19.4 Å². The average Bonchev–Trinajstić information content (AvgIpc) is 2.90. The SMILES string of the molecule is CCCCCCCCCC/C=C/C(CC(=O)O)C(=O)O.OCCN(CCO)CCO.OCCN(CCO)CCO. The number of aliphatic carboxylic acids is 2. The van der Waals surface area contributed by atoms with Gasteiger partial charge >= 0.3 is 11.9 Å². The van der Waals surface area contributed by atoms with Crippen molar-refractivity contribution in [1.29, 1.82) is 0 Å². The first kappa shape index (κ1) is 42.8. The van der Waals surface area contributed by atoms with Gasteiger partial charge < -0.3 is 40.9 Å². The van der Waals surface area contributed by atoms with Gasteiger partial charge in [-0.15, -0.1) is 0 Å². The van der Waals surface area contributed by atoms with Crippen LogP contribution in [0.15, 0.2) is 12.2 Å². The predicted octanol–water partition coefficient (Wildman–Crippen LogP) is 0.780. The number of hydrogen-bond donors (Lipinski definition) is 8. The molecule has 12 nitrogen and oxygen atoms in total. The smallest absolute Gasteiger partial charge is 0.310 e. The van der Waals surface area contributed by atoms with Crippen LogP contribution in [0.1, 0.15) is 71.1 Å². The number of carboxylic acid groups (broad SMARTS) is 2. The first-order valence-corrected chi connectivity index (χ1v) is 14.5. The fraction of sp³-hybridized carbons (Fsp3) is 0.857. The number of hydrogen-bond acceptors (Lipinski definition) is 10. The Kier molecular flexibility index (Phi) is 37.9. The summed E-state index contributed by atoms with van der Waals surface area (Å²) in [6.07, 6.45) is 13.7. The van der Waals surface area contributed by atoms with Crippen molar-refractivity contribution in [3.05, 3.63) is 12.2 Å². The van der Waals surface area contributed by atoms with E-state index in [0.29, 0.717) is 39.3 Å². The number of carboxylic acids is 2. The van der Waals surface area contributed by atoms with E-state index in [1.165, 1.54) is 44.6 Å². The fourth-order valence-corrected chi connectivity index (χ4v) is 3.60. The Morgan fingerprint density at radius 2 is 0.950 bits per heavy atom. The maximum atomic E-state index is 10.8. The van der Waals surface area contributed by atoms with Crippen LogP contribution in [0.2, 0.25) is 0 Å². The Labute approximate surface area is 240 Å². The van der Waals surface area contributed by atoms with E-state index < -0.39 is 17.9 Å². The summed E-state index contributed by atoms with van der Waals surface area (Å²) in [7, 11) is 0. The van der Waals surface area contributed by atoms with Crippen molar-refractivity contribution in [2.24, 2.45) is 5.92 Å². The van der Waals surface area contributed by atoms with E-state index in [2.05, 4.69) is 6.92 Å². The summed E-state index contributed by atoms with van der Waals surface area (Å²) in [5.74, 6) is -3.05. The third-order valence-corrected chi connectivity index (χ3v) is 5.80. The topological polar surface area (TPSA) is 202 Å². The summed E-state index contributed by atoms with van der Waals surface area (Å²) >= 11 is 0. The molecule has 0 amide bonds. The van der Waals surface area contributed by atoms with Crippen molar-refractivity contribution < 1.29 is 50.4 Å². The summed E-state index contributed by atoms with van der Waals surface area (Å²) in [6.45, 7) is 5.72. The minimum atomic E-state index is -1.07. The highest BCUT2D eigenvalue weighted by Crippen LogP contribution is 2.11. The largest absolute Gasteiger partial charge is 0.481 e. The molecule has 0 saturated carbocycles. The first-order valence-electron chi connectivity index (χ1n) is 14.5. The average molecular weight is 583 g/mol. The molecule has 1 unspecified atom stereocenters. The second-order valence-electron chi connectivity index (χ2n) is 9.26. The van der Waals surface area contributed by atoms with Gasteiger partial charge in [-0.1, -0.05) is 64.0 Å². The molecule has 0 aromatic carbocycles. The minimum Gasteiger partial charge on any atom is -0.481 e. The number of unbranched alkanes of at least 4 members (excludes halogenated alkanes) is 8.